The van der Waals surface area contributed by atoms with Crippen molar-refractivity contribution < 1.29 is 19.4 Å². The molecule has 1 aromatic carbocycles. The molecular weight excluding hydrogens is 260 g/mol. The van der Waals surface area contributed by atoms with Gasteiger partial charge in [-0.25, -0.2) is 4.79 Å². The fourth-order valence-electron chi connectivity index (χ4n) is 2.34. The first-order valence-corrected chi connectivity index (χ1v) is 6.39. The van der Waals surface area contributed by atoms with Crippen LogP contribution in [0.4, 0.5) is 0 Å². The molecular formula is C14H18N2O4. The topological polar surface area (TPSA) is 87.7 Å². The zero-order valence-electron chi connectivity index (χ0n) is 11.3. The number of nitrogens with one attached hydrogen (secondary N) is 2. The fraction of sp³-hybridized carbons (Fsp3) is 0.429. The summed E-state index contributed by atoms with van der Waals surface area (Å²) in [7, 11) is 1.32. The van der Waals surface area contributed by atoms with E-state index in [1.54, 1.807) is 0 Å². The maximum absolute atomic E-state index is 12.0. The van der Waals surface area contributed by atoms with Crippen LogP contribution in [0.15, 0.2) is 30.3 Å². The maximum Gasteiger partial charge on any atom is 0.327 e. The third kappa shape index (κ3) is 3.15. The van der Waals surface area contributed by atoms with Gasteiger partial charge in [0, 0.05) is 13.1 Å². The number of carbonyl (C=O) groups is 2. The number of esters is 1. The number of ether oxygens (including phenoxy) is 1. The summed E-state index contributed by atoms with van der Waals surface area (Å²) < 4.78 is 4.82. The maximum atomic E-state index is 12.0. The number of benzene rings is 1. The highest BCUT2D eigenvalue weighted by atomic mass is 16.5. The molecule has 1 saturated heterocycles. The van der Waals surface area contributed by atoms with Crippen LogP contribution >= 0.6 is 0 Å². The fourth-order valence-corrected chi connectivity index (χ4v) is 2.34. The Labute approximate surface area is 117 Å². The molecule has 1 heterocycles. The molecule has 20 heavy (non-hydrogen) atoms. The molecule has 1 aliphatic rings. The molecule has 0 aromatic heterocycles. The molecule has 1 atom stereocenters. The molecule has 6 nitrogen and oxygen atoms in total. The van der Waals surface area contributed by atoms with Gasteiger partial charge in [-0.3, -0.25) is 10.1 Å². The van der Waals surface area contributed by atoms with Gasteiger partial charge in [-0.1, -0.05) is 30.3 Å². The molecule has 0 spiro atoms. The third-order valence-electron chi connectivity index (χ3n) is 3.44. The average Bonchev–Trinajstić information content (AvgIpc) is 2.41. The second-order valence-corrected chi connectivity index (χ2v) is 4.97. The van der Waals surface area contributed by atoms with Crippen LogP contribution in [0.3, 0.4) is 0 Å². The first-order chi connectivity index (χ1) is 9.56. The number of carboxylic acids is 1. The van der Waals surface area contributed by atoms with E-state index in [1.165, 1.54) is 7.11 Å². The molecule has 3 N–H and O–H groups in total. The van der Waals surface area contributed by atoms with Crippen LogP contribution in [0.1, 0.15) is 18.0 Å². The number of hydrogen-bond donors (Lipinski definition) is 3. The van der Waals surface area contributed by atoms with Gasteiger partial charge in [-0.05, 0) is 5.56 Å². The minimum Gasteiger partial charge on any atom is -0.481 e. The van der Waals surface area contributed by atoms with E-state index in [0.29, 0.717) is 13.1 Å². The first-order valence-electron chi connectivity index (χ1n) is 6.39. The summed E-state index contributed by atoms with van der Waals surface area (Å²) in [5.74, 6) is -1.32. The number of carboxylic acid groups (broad SMARTS) is 1. The molecule has 0 saturated carbocycles. The molecule has 0 amide bonds. The van der Waals surface area contributed by atoms with Crippen molar-refractivity contribution in [2.45, 2.75) is 18.0 Å². The Hall–Kier alpha value is -1.92. The van der Waals surface area contributed by atoms with E-state index in [0.717, 1.165) is 5.56 Å². The summed E-state index contributed by atoms with van der Waals surface area (Å²) in [6.45, 7) is 1.03. The van der Waals surface area contributed by atoms with Gasteiger partial charge >= 0.3 is 11.9 Å². The van der Waals surface area contributed by atoms with E-state index in [1.807, 2.05) is 30.3 Å². The summed E-state index contributed by atoms with van der Waals surface area (Å²) in [6, 6.07) is 8.48. The highest BCUT2D eigenvalue weighted by Crippen LogP contribution is 2.23. The van der Waals surface area contributed by atoms with E-state index in [-0.39, 0.29) is 6.42 Å². The van der Waals surface area contributed by atoms with Crippen LogP contribution in [0.2, 0.25) is 0 Å². The number of hydrogen-bond acceptors (Lipinski definition) is 5. The number of rotatable bonds is 6. The molecule has 0 radical (unpaired) electrons. The molecule has 2 rings (SSSR count). The Bertz CT molecular complexity index is 485. The smallest absolute Gasteiger partial charge is 0.327 e. The minimum atomic E-state index is -0.893. The highest BCUT2D eigenvalue weighted by Gasteiger charge is 2.42. The lowest BCUT2D eigenvalue weighted by Crippen LogP contribution is -2.69. The molecule has 6 heteroatoms. The van der Waals surface area contributed by atoms with Crippen molar-refractivity contribution in [2.75, 3.05) is 20.2 Å². The Balaban J connectivity index is 2.20. The van der Waals surface area contributed by atoms with Crippen molar-refractivity contribution in [3.63, 3.8) is 0 Å². The van der Waals surface area contributed by atoms with Gasteiger partial charge in [-0.15, -0.1) is 0 Å². The summed E-state index contributed by atoms with van der Waals surface area (Å²) in [6.07, 6.45) is -0.0413. The summed E-state index contributed by atoms with van der Waals surface area (Å²) in [5, 5.41) is 15.2. The standard InChI is InChI=1S/C14H18N2O4/c1-20-13(19)12(10-5-3-2-4-6-10)16-14(7-11(17)18)8-15-9-14/h2-6,12,15-16H,7-9H2,1H3,(H,17,18). The normalized spacial score (nSPS) is 17.9. The predicted molar refractivity (Wildman–Crippen MR) is 72.2 cm³/mol. The molecule has 0 aliphatic carbocycles. The number of aliphatic carboxylic acids is 1. The van der Waals surface area contributed by atoms with E-state index in [4.69, 9.17) is 9.84 Å². The largest absolute Gasteiger partial charge is 0.481 e. The van der Waals surface area contributed by atoms with Crippen molar-refractivity contribution in [1.29, 1.82) is 0 Å². The third-order valence-corrected chi connectivity index (χ3v) is 3.44. The zero-order valence-corrected chi connectivity index (χ0v) is 11.3. The zero-order chi connectivity index (χ0) is 14.6. The SMILES string of the molecule is COC(=O)C(NC1(CC(=O)O)CNC1)c1ccccc1. The highest BCUT2D eigenvalue weighted by molar-refractivity contribution is 5.78. The van der Waals surface area contributed by atoms with Crippen LogP contribution < -0.4 is 10.6 Å². The average molecular weight is 278 g/mol. The summed E-state index contributed by atoms with van der Waals surface area (Å²) in [4.78, 5) is 22.9. The number of carbonyl (C=O) groups excluding carboxylic acids is 1. The van der Waals surface area contributed by atoms with E-state index >= 15 is 0 Å². The van der Waals surface area contributed by atoms with Crippen molar-refractivity contribution >= 4 is 11.9 Å². The van der Waals surface area contributed by atoms with Crippen LogP contribution in [0.25, 0.3) is 0 Å². The van der Waals surface area contributed by atoms with Crippen LogP contribution in [0, 0.1) is 0 Å². The van der Waals surface area contributed by atoms with Gasteiger partial charge in [-0.2, -0.15) is 0 Å². The molecule has 0 bridgehead atoms. The van der Waals surface area contributed by atoms with Gasteiger partial charge < -0.3 is 15.2 Å². The van der Waals surface area contributed by atoms with E-state index in [9.17, 15) is 9.59 Å². The van der Waals surface area contributed by atoms with Gasteiger partial charge in [0.05, 0.1) is 19.1 Å². The van der Waals surface area contributed by atoms with Crippen molar-refractivity contribution in [3.8, 4) is 0 Å². The van der Waals surface area contributed by atoms with E-state index < -0.39 is 23.5 Å². The first kappa shape index (κ1) is 14.5. The Morgan fingerprint density at radius 1 is 1.40 bits per heavy atom. The van der Waals surface area contributed by atoms with Crippen LogP contribution in [0.5, 0.6) is 0 Å². The van der Waals surface area contributed by atoms with Gasteiger partial charge in [0.1, 0.15) is 6.04 Å². The van der Waals surface area contributed by atoms with Gasteiger partial charge in [0.15, 0.2) is 0 Å². The second kappa shape index (κ2) is 6.02. The van der Waals surface area contributed by atoms with Crippen LogP contribution in [-0.2, 0) is 14.3 Å². The minimum absolute atomic E-state index is 0.0413. The Morgan fingerprint density at radius 2 is 2.05 bits per heavy atom. The quantitative estimate of drug-likeness (QED) is 0.649. The lowest BCUT2D eigenvalue weighted by atomic mass is 9.86. The Kier molecular flexibility index (Phi) is 4.36. The summed E-state index contributed by atoms with van der Waals surface area (Å²) >= 11 is 0. The summed E-state index contributed by atoms with van der Waals surface area (Å²) in [5.41, 5.74) is 0.150. The molecule has 1 aliphatic heterocycles. The lowest BCUT2D eigenvalue weighted by molar-refractivity contribution is -0.146. The van der Waals surface area contributed by atoms with Crippen LogP contribution in [-0.4, -0.2) is 42.8 Å². The van der Waals surface area contributed by atoms with Crippen molar-refractivity contribution in [3.05, 3.63) is 35.9 Å². The van der Waals surface area contributed by atoms with Gasteiger partial charge in [0.2, 0.25) is 0 Å². The van der Waals surface area contributed by atoms with Crippen molar-refractivity contribution in [2.24, 2.45) is 0 Å². The molecule has 1 fully saturated rings. The Morgan fingerprint density at radius 3 is 2.50 bits per heavy atom. The molecule has 108 valence electrons. The second-order valence-electron chi connectivity index (χ2n) is 4.97. The van der Waals surface area contributed by atoms with Gasteiger partial charge in [0.25, 0.3) is 0 Å². The number of methoxy groups -OCH3 is 1. The predicted octanol–water partition coefficient (Wildman–Crippen LogP) is 0.307. The van der Waals surface area contributed by atoms with Crippen molar-refractivity contribution in [1.82, 2.24) is 10.6 Å². The van der Waals surface area contributed by atoms with E-state index in [2.05, 4.69) is 10.6 Å². The lowest BCUT2D eigenvalue weighted by Gasteiger charge is -2.44. The molecule has 1 aromatic rings. The molecule has 1 unspecified atom stereocenters. The monoisotopic (exact) mass is 278 g/mol.